The monoisotopic (exact) mass is 511 g/mol. The Kier molecular flexibility index (Phi) is 9.03. The molecule has 0 aliphatic carbocycles. The minimum absolute atomic E-state index is 0. The number of rotatable bonds is 5. The highest BCUT2D eigenvalue weighted by atomic mass is 127. The number of benzene rings is 2. The van der Waals surface area contributed by atoms with E-state index in [2.05, 4.69) is 48.3 Å². The molecule has 1 heterocycles. The molecule has 0 aromatic heterocycles. The second kappa shape index (κ2) is 11.3. The van der Waals surface area contributed by atoms with Gasteiger partial charge in [-0.05, 0) is 42.7 Å². The molecule has 3 rings (SSSR count). The quantitative estimate of drug-likeness (QED) is 0.363. The van der Waals surface area contributed by atoms with E-state index in [-0.39, 0.29) is 35.8 Å². The molecule has 0 amide bonds. The second-order valence-corrected chi connectivity index (χ2v) is 6.84. The summed E-state index contributed by atoms with van der Waals surface area (Å²) in [7, 11) is 1.54. The predicted molar refractivity (Wildman–Crippen MR) is 126 cm³/mol. The Bertz CT molecular complexity index is 829. The van der Waals surface area contributed by atoms with Crippen molar-refractivity contribution in [1.82, 2.24) is 10.2 Å². The van der Waals surface area contributed by atoms with Crippen LogP contribution in [0.3, 0.4) is 0 Å². The van der Waals surface area contributed by atoms with E-state index in [9.17, 15) is 5.11 Å². The van der Waals surface area contributed by atoms with Crippen LogP contribution < -0.4 is 10.1 Å². The molecule has 1 fully saturated rings. The first-order chi connectivity index (χ1) is 13.6. The summed E-state index contributed by atoms with van der Waals surface area (Å²) < 4.78 is 11.1. The number of aryl methyl sites for hydroxylation is 1. The lowest BCUT2D eigenvalue weighted by Crippen LogP contribution is -2.48. The fourth-order valence-electron chi connectivity index (χ4n) is 3.40. The molecule has 1 unspecified atom stereocenters. The number of phenolic OH excluding ortho intramolecular Hbond substituents is 1. The summed E-state index contributed by atoms with van der Waals surface area (Å²) in [4.78, 5) is 7.02. The number of aliphatic imine (C=N–C) groups is 1. The van der Waals surface area contributed by atoms with Gasteiger partial charge in [-0.2, -0.15) is 0 Å². The number of morpholine rings is 1. The van der Waals surface area contributed by atoms with Gasteiger partial charge >= 0.3 is 0 Å². The lowest BCUT2D eigenvalue weighted by atomic mass is 10.0. The molecule has 2 aromatic rings. The number of ether oxygens (including phenoxy) is 2. The van der Waals surface area contributed by atoms with Crippen LogP contribution in [0.4, 0.5) is 0 Å². The van der Waals surface area contributed by atoms with Crippen LogP contribution >= 0.6 is 24.0 Å². The molecule has 0 radical (unpaired) electrons. The lowest BCUT2D eigenvalue weighted by molar-refractivity contribution is -0.00834. The Hall–Kier alpha value is -2.00. The zero-order valence-corrected chi connectivity index (χ0v) is 19.6. The number of nitrogens with one attached hydrogen (secondary N) is 1. The van der Waals surface area contributed by atoms with Crippen LogP contribution in [0.5, 0.6) is 11.5 Å². The zero-order chi connectivity index (χ0) is 19.9. The van der Waals surface area contributed by atoms with Crippen LogP contribution in [0.1, 0.15) is 29.7 Å². The van der Waals surface area contributed by atoms with Crippen molar-refractivity contribution in [2.45, 2.75) is 26.5 Å². The third-order valence-corrected chi connectivity index (χ3v) is 4.89. The van der Waals surface area contributed by atoms with E-state index in [0.717, 1.165) is 31.2 Å². The van der Waals surface area contributed by atoms with Crippen LogP contribution in [-0.4, -0.2) is 49.3 Å². The number of phenols is 1. The summed E-state index contributed by atoms with van der Waals surface area (Å²) in [6, 6.07) is 13.7. The van der Waals surface area contributed by atoms with Crippen LogP contribution in [0.15, 0.2) is 47.5 Å². The summed E-state index contributed by atoms with van der Waals surface area (Å²) in [5.74, 6) is 1.46. The highest BCUT2D eigenvalue weighted by molar-refractivity contribution is 14.0. The third-order valence-electron chi connectivity index (χ3n) is 4.89. The van der Waals surface area contributed by atoms with Crippen LogP contribution in [0, 0.1) is 6.92 Å². The topological polar surface area (TPSA) is 66.3 Å². The molecule has 1 aliphatic heterocycles. The highest BCUT2D eigenvalue weighted by Crippen LogP contribution is 2.27. The Labute approximate surface area is 190 Å². The molecule has 158 valence electrons. The summed E-state index contributed by atoms with van der Waals surface area (Å²) in [6.07, 6.45) is 0.0313. The molecule has 2 N–H and O–H groups in total. The first kappa shape index (κ1) is 23.3. The van der Waals surface area contributed by atoms with Crippen molar-refractivity contribution in [3.05, 3.63) is 59.2 Å². The van der Waals surface area contributed by atoms with Crippen molar-refractivity contribution in [3.63, 3.8) is 0 Å². The summed E-state index contributed by atoms with van der Waals surface area (Å²) >= 11 is 0. The summed E-state index contributed by atoms with van der Waals surface area (Å²) in [5, 5.41) is 13.4. The highest BCUT2D eigenvalue weighted by Gasteiger charge is 2.25. The number of guanidine groups is 1. The maximum atomic E-state index is 9.98. The van der Waals surface area contributed by atoms with Gasteiger partial charge in [-0.1, -0.05) is 30.3 Å². The number of halogens is 1. The average molecular weight is 511 g/mol. The number of methoxy groups -OCH3 is 1. The van der Waals surface area contributed by atoms with Gasteiger partial charge in [0.1, 0.15) is 6.10 Å². The standard InChI is InChI=1S/C22H29N3O3.HI/c1-4-23-22(24-14-17-9-10-20(27-3)19(26)13-17)25-11-12-28-21(15-25)18-8-6-5-7-16(18)2;/h5-10,13,21,26H,4,11-12,14-15H2,1-3H3,(H,23,24);1H. The van der Waals surface area contributed by atoms with E-state index >= 15 is 0 Å². The van der Waals surface area contributed by atoms with Crippen molar-refractivity contribution in [3.8, 4) is 11.5 Å². The molecular weight excluding hydrogens is 481 g/mol. The molecule has 7 heteroatoms. The first-order valence-corrected chi connectivity index (χ1v) is 9.68. The Balaban J connectivity index is 0.00000300. The number of hydrogen-bond donors (Lipinski definition) is 2. The molecule has 0 spiro atoms. The van der Waals surface area contributed by atoms with Crippen molar-refractivity contribution in [2.75, 3.05) is 33.4 Å². The Morgan fingerprint density at radius 2 is 2.10 bits per heavy atom. The van der Waals surface area contributed by atoms with E-state index in [1.807, 2.05) is 6.07 Å². The number of aromatic hydroxyl groups is 1. The van der Waals surface area contributed by atoms with Crippen molar-refractivity contribution < 1.29 is 14.6 Å². The molecule has 2 aromatic carbocycles. The van der Waals surface area contributed by atoms with Gasteiger partial charge in [0.15, 0.2) is 17.5 Å². The van der Waals surface area contributed by atoms with Gasteiger partial charge in [-0.15, -0.1) is 24.0 Å². The van der Waals surface area contributed by atoms with E-state index in [4.69, 9.17) is 14.5 Å². The molecular formula is C22H30IN3O3. The second-order valence-electron chi connectivity index (χ2n) is 6.84. The van der Waals surface area contributed by atoms with E-state index < -0.39 is 0 Å². The largest absolute Gasteiger partial charge is 0.504 e. The molecule has 6 nitrogen and oxygen atoms in total. The molecule has 29 heavy (non-hydrogen) atoms. The third kappa shape index (κ3) is 5.99. The van der Waals surface area contributed by atoms with Crippen molar-refractivity contribution in [2.24, 2.45) is 4.99 Å². The zero-order valence-electron chi connectivity index (χ0n) is 17.2. The molecule has 1 aliphatic rings. The molecule has 0 bridgehead atoms. The summed E-state index contributed by atoms with van der Waals surface area (Å²) in [6.45, 7) is 7.66. The van der Waals surface area contributed by atoms with Gasteiger partial charge in [0.05, 0.1) is 26.8 Å². The normalized spacial score (nSPS) is 16.9. The summed E-state index contributed by atoms with van der Waals surface area (Å²) in [5.41, 5.74) is 3.39. The van der Waals surface area contributed by atoms with E-state index in [1.54, 1.807) is 19.2 Å². The van der Waals surface area contributed by atoms with Gasteiger partial charge < -0.3 is 24.8 Å². The smallest absolute Gasteiger partial charge is 0.194 e. The van der Waals surface area contributed by atoms with Gasteiger partial charge in [0.2, 0.25) is 0 Å². The fourth-order valence-corrected chi connectivity index (χ4v) is 3.40. The average Bonchev–Trinajstić information content (AvgIpc) is 2.71. The van der Waals surface area contributed by atoms with Gasteiger partial charge in [0, 0.05) is 13.1 Å². The van der Waals surface area contributed by atoms with Crippen LogP contribution in [-0.2, 0) is 11.3 Å². The predicted octanol–water partition coefficient (Wildman–Crippen LogP) is 3.87. The molecule has 0 saturated carbocycles. The van der Waals surface area contributed by atoms with Crippen molar-refractivity contribution in [1.29, 1.82) is 0 Å². The fraction of sp³-hybridized carbons (Fsp3) is 0.409. The number of hydrogen-bond acceptors (Lipinski definition) is 4. The van der Waals surface area contributed by atoms with Gasteiger partial charge in [0.25, 0.3) is 0 Å². The van der Waals surface area contributed by atoms with Gasteiger partial charge in [-0.25, -0.2) is 4.99 Å². The van der Waals surface area contributed by atoms with Gasteiger partial charge in [-0.3, -0.25) is 0 Å². The van der Waals surface area contributed by atoms with E-state index in [1.165, 1.54) is 11.1 Å². The SMILES string of the molecule is CCNC(=NCc1ccc(OC)c(O)c1)N1CCOC(c2ccccc2C)C1.I. The Morgan fingerprint density at radius 1 is 1.31 bits per heavy atom. The maximum Gasteiger partial charge on any atom is 0.194 e. The maximum absolute atomic E-state index is 9.98. The van der Waals surface area contributed by atoms with Crippen molar-refractivity contribution >= 4 is 29.9 Å². The lowest BCUT2D eigenvalue weighted by Gasteiger charge is -2.35. The first-order valence-electron chi connectivity index (χ1n) is 9.68. The number of nitrogens with zero attached hydrogens (tertiary/aromatic N) is 2. The van der Waals surface area contributed by atoms with E-state index in [0.29, 0.717) is 18.9 Å². The minimum Gasteiger partial charge on any atom is -0.504 e. The molecule has 1 saturated heterocycles. The van der Waals surface area contributed by atoms with Crippen LogP contribution in [0.2, 0.25) is 0 Å². The minimum atomic E-state index is 0. The molecule has 1 atom stereocenters. The van der Waals surface area contributed by atoms with Crippen LogP contribution in [0.25, 0.3) is 0 Å². The Morgan fingerprint density at radius 3 is 2.79 bits per heavy atom.